The van der Waals surface area contributed by atoms with Gasteiger partial charge in [-0.15, -0.1) is 0 Å². The molecule has 40 heavy (non-hydrogen) atoms. The second-order valence-corrected chi connectivity index (χ2v) is 12.7. The van der Waals surface area contributed by atoms with Gasteiger partial charge in [-0.05, 0) is 111 Å². The van der Waals surface area contributed by atoms with E-state index in [4.69, 9.17) is 4.74 Å². The number of piperidine rings is 1. The zero-order valence-electron chi connectivity index (χ0n) is 24.8. The van der Waals surface area contributed by atoms with Crippen LogP contribution in [0.4, 0.5) is 21.8 Å². The lowest BCUT2D eigenvalue weighted by atomic mass is 9.79. The van der Waals surface area contributed by atoms with Gasteiger partial charge < -0.3 is 25.3 Å². The molecule has 0 aliphatic carbocycles. The highest BCUT2D eigenvalue weighted by Crippen LogP contribution is 2.32. The first-order valence-electron chi connectivity index (χ1n) is 14.5. The van der Waals surface area contributed by atoms with E-state index in [0.29, 0.717) is 12.6 Å². The number of hydrogen-bond donors (Lipinski definition) is 3. The molecule has 0 bridgehead atoms. The van der Waals surface area contributed by atoms with E-state index in [9.17, 15) is 4.39 Å². The van der Waals surface area contributed by atoms with Gasteiger partial charge in [0.05, 0.1) is 11.9 Å². The Bertz CT molecular complexity index is 1290. The number of benzene rings is 1. The third kappa shape index (κ3) is 6.75. The molecule has 1 aromatic carbocycles. The first-order chi connectivity index (χ1) is 19.0. The maximum absolute atomic E-state index is 14.8. The lowest BCUT2D eigenvalue weighted by molar-refractivity contribution is 0.170. The topological polar surface area (TPSA) is 79.3 Å². The van der Waals surface area contributed by atoms with E-state index in [2.05, 4.69) is 89.1 Å². The third-order valence-corrected chi connectivity index (χ3v) is 7.87. The molecule has 9 heteroatoms. The summed E-state index contributed by atoms with van der Waals surface area (Å²) in [6.07, 6.45) is 5.49. The van der Waals surface area contributed by atoms with Crippen molar-refractivity contribution in [2.45, 2.75) is 84.3 Å². The monoisotopic (exact) mass is 549 g/mol. The molecule has 0 unspecified atom stereocenters. The maximum atomic E-state index is 14.8. The summed E-state index contributed by atoms with van der Waals surface area (Å²) in [5.41, 5.74) is 3.87. The predicted molar refractivity (Wildman–Crippen MR) is 160 cm³/mol. The van der Waals surface area contributed by atoms with E-state index in [0.717, 1.165) is 61.0 Å². The van der Waals surface area contributed by atoms with Gasteiger partial charge in [-0.2, -0.15) is 4.98 Å². The van der Waals surface area contributed by atoms with E-state index < -0.39 is 5.82 Å². The summed E-state index contributed by atoms with van der Waals surface area (Å²) >= 11 is 0. The van der Waals surface area contributed by atoms with Crippen molar-refractivity contribution in [2.24, 2.45) is 0 Å². The molecule has 8 nitrogen and oxygen atoms in total. The van der Waals surface area contributed by atoms with Gasteiger partial charge in [-0.3, -0.25) is 4.90 Å². The lowest BCUT2D eigenvalue weighted by Crippen LogP contribution is -2.60. The van der Waals surface area contributed by atoms with Crippen molar-refractivity contribution in [2.75, 3.05) is 36.9 Å². The fourth-order valence-corrected chi connectivity index (χ4v) is 6.51. The van der Waals surface area contributed by atoms with Crippen LogP contribution in [-0.2, 0) is 0 Å². The lowest BCUT2D eigenvalue weighted by Gasteiger charge is -2.46. The largest absolute Gasteiger partial charge is 0.490 e. The van der Waals surface area contributed by atoms with E-state index >= 15 is 0 Å². The average Bonchev–Trinajstić information content (AvgIpc) is 3.49. The van der Waals surface area contributed by atoms with Crippen molar-refractivity contribution >= 4 is 17.5 Å². The standard InChI is InChI=1S/C31H44FN7O/c1-21-9-10-22(2)39(21)26-17-23(11-12-27(26)40-16-15-38-13-7-8-14-38)35-29-33-20-25(32)28(36-29)34-24-18-30(3,4)37-31(5,6)19-24/h9-12,17,20,24,37H,7-8,13-16,18-19H2,1-6H3,(H2,33,34,35,36). The quantitative estimate of drug-likeness (QED) is 0.304. The second-order valence-electron chi connectivity index (χ2n) is 12.7. The molecule has 2 aromatic heterocycles. The van der Waals surface area contributed by atoms with Crippen LogP contribution in [-0.4, -0.2) is 62.8 Å². The molecule has 0 spiro atoms. The summed E-state index contributed by atoms with van der Waals surface area (Å²) in [7, 11) is 0. The van der Waals surface area contributed by atoms with Gasteiger partial charge in [0.25, 0.3) is 0 Å². The molecule has 5 rings (SSSR count). The Morgan fingerprint density at radius 3 is 2.38 bits per heavy atom. The Hall–Kier alpha value is -3.17. The minimum absolute atomic E-state index is 0.0621. The number of hydrogen-bond acceptors (Lipinski definition) is 7. The summed E-state index contributed by atoms with van der Waals surface area (Å²) in [6, 6.07) is 10.3. The van der Waals surface area contributed by atoms with Gasteiger partial charge in [0.2, 0.25) is 5.95 Å². The van der Waals surface area contributed by atoms with Crippen LogP contribution in [0.3, 0.4) is 0 Å². The Labute approximate surface area is 237 Å². The summed E-state index contributed by atoms with van der Waals surface area (Å²) in [6.45, 7) is 16.8. The number of nitrogens with one attached hydrogen (secondary N) is 3. The van der Waals surface area contributed by atoms with Crippen LogP contribution in [0.2, 0.25) is 0 Å². The van der Waals surface area contributed by atoms with Crippen LogP contribution in [0.5, 0.6) is 5.75 Å². The van der Waals surface area contributed by atoms with Crippen molar-refractivity contribution in [3.8, 4) is 11.4 Å². The molecule has 0 amide bonds. The summed E-state index contributed by atoms with van der Waals surface area (Å²) in [5, 5.41) is 10.3. The van der Waals surface area contributed by atoms with Gasteiger partial charge in [0, 0.05) is 40.7 Å². The Morgan fingerprint density at radius 2 is 1.70 bits per heavy atom. The van der Waals surface area contributed by atoms with Crippen molar-refractivity contribution in [3.63, 3.8) is 0 Å². The van der Waals surface area contributed by atoms with Crippen LogP contribution in [0.15, 0.2) is 36.5 Å². The van der Waals surface area contributed by atoms with Crippen molar-refractivity contribution in [3.05, 3.63) is 53.7 Å². The molecule has 2 fully saturated rings. The summed E-state index contributed by atoms with van der Waals surface area (Å²) in [4.78, 5) is 11.2. The summed E-state index contributed by atoms with van der Waals surface area (Å²) in [5.74, 6) is 0.924. The van der Waals surface area contributed by atoms with Gasteiger partial charge in [-0.25, -0.2) is 9.37 Å². The van der Waals surface area contributed by atoms with E-state index in [1.54, 1.807) is 0 Å². The van der Waals surface area contributed by atoms with Gasteiger partial charge in [0.1, 0.15) is 12.4 Å². The fraction of sp³-hybridized carbons (Fsp3) is 0.548. The molecule has 2 aliphatic heterocycles. The molecule has 0 radical (unpaired) electrons. The second kappa shape index (κ2) is 11.4. The van der Waals surface area contributed by atoms with Crippen LogP contribution in [0.25, 0.3) is 5.69 Å². The number of likely N-dealkylation sites (tertiary alicyclic amines) is 1. The molecule has 3 aromatic rings. The highest BCUT2D eigenvalue weighted by Gasteiger charge is 2.38. The SMILES string of the molecule is Cc1ccc(C)n1-c1cc(Nc2ncc(F)c(NC3CC(C)(C)NC(C)(C)C3)n2)ccc1OCCN1CCCC1. The molecular formula is C31H44FN7O. The van der Waals surface area contributed by atoms with Crippen LogP contribution in [0, 0.1) is 19.7 Å². The number of aromatic nitrogens is 3. The first-order valence-corrected chi connectivity index (χ1v) is 14.5. The number of rotatable bonds is 9. The molecule has 2 saturated heterocycles. The number of halogens is 1. The predicted octanol–water partition coefficient (Wildman–Crippen LogP) is 5.96. The summed E-state index contributed by atoms with van der Waals surface area (Å²) < 4.78 is 23.3. The van der Waals surface area contributed by atoms with Crippen LogP contribution < -0.4 is 20.7 Å². The molecule has 0 saturated carbocycles. The first kappa shape index (κ1) is 28.4. The van der Waals surface area contributed by atoms with E-state index in [1.165, 1.54) is 19.0 Å². The highest BCUT2D eigenvalue weighted by molar-refractivity contribution is 5.64. The molecule has 2 aliphatic rings. The Morgan fingerprint density at radius 1 is 1.02 bits per heavy atom. The van der Waals surface area contributed by atoms with Gasteiger partial charge in [-0.1, -0.05) is 0 Å². The number of anilines is 3. The molecule has 0 atom stereocenters. The highest BCUT2D eigenvalue weighted by atomic mass is 19.1. The van der Waals surface area contributed by atoms with Crippen LogP contribution >= 0.6 is 0 Å². The Balaban J connectivity index is 1.36. The Kier molecular flexibility index (Phi) is 8.06. The van der Waals surface area contributed by atoms with Crippen molar-refractivity contribution < 1.29 is 9.13 Å². The molecule has 3 N–H and O–H groups in total. The number of nitrogens with zero attached hydrogens (tertiary/aromatic N) is 4. The molecule has 4 heterocycles. The number of ether oxygens (including phenoxy) is 1. The van der Waals surface area contributed by atoms with E-state index in [-0.39, 0.29) is 22.9 Å². The van der Waals surface area contributed by atoms with Crippen molar-refractivity contribution in [1.82, 2.24) is 24.8 Å². The zero-order chi connectivity index (χ0) is 28.5. The van der Waals surface area contributed by atoms with Gasteiger partial charge >= 0.3 is 0 Å². The number of aryl methyl sites for hydroxylation is 2. The van der Waals surface area contributed by atoms with Gasteiger partial charge in [0.15, 0.2) is 11.6 Å². The normalized spacial score (nSPS) is 19.1. The minimum Gasteiger partial charge on any atom is -0.490 e. The van der Waals surface area contributed by atoms with Crippen molar-refractivity contribution in [1.29, 1.82) is 0 Å². The maximum Gasteiger partial charge on any atom is 0.229 e. The van der Waals surface area contributed by atoms with Crippen LogP contribution in [0.1, 0.15) is 64.8 Å². The third-order valence-electron chi connectivity index (χ3n) is 7.87. The minimum atomic E-state index is -0.458. The smallest absolute Gasteiger partial charge is 0.229 e. The zero-order valence-corrected chi connectivity index (χ0v) is 24.8. The molecule has 216 valence electrons. The van der Waals surface area contributed by atoms with E-state index in [1.807, 2.05) is 18.2 Å². The average molecular weight is 550 g/mol. The fourth-order valence-electron chi connectivity index (χ4n) is 6.51. The molecular weight excluding hydrogens is 505 g/mol.